The van der Waals surface area contributed by atoms with Gasteiger partial charge in [0.1, 0.15) is 11.6 Å². The molecule has 2 aromatic carbocycles. The van der Waals surface area contributed by atoms with Gasteiger partial charge in [-0.15, -0.1) is 0 Å². The fourth-order valence-electron chi connectivity index (χ4n) is 4.05. The van der Waals surface area contributed by atoms with Gasteiger partial charge < -0.3 is 19.1 Å². The van der Waals surface area contributed by atoms with Gasteiger partial charge in [0.05, 0.1) is 26.0 Å². The molecule has 5 rings (SSSR count). The summed E-state index contributed by atoms with van der Waals surface area (Å²) in [6, 6.07) is 16.6. The lowest BCUT2D eigenvalue weighted by molar-refractivity contribution is -0.0431. The minimum atomic E-state index is -3.78. The lowest BCUT2D eigenvalue weighted by Crippen LogP contribution is -2.38. The molecule has 206 valence electrons. The molecule has 0 aliphatic carbocycles. The van der Waals surface area contributed by atoms with Gasteiger partial charge in [-0.25, -0.2) is 9.97 Å². The van der Waals surface area contributed by atoms with Crippen molar-refractivity contribution in [2.24, 2.45) is 5.10 Å². The second kappa shape index (κ2) is 11.5. The zero-order valence-electron chi connectivity index (χ0n) is 21.8. The van der Waals surface area contributed by atoms with Gasteiger partial charge in [-0.05, 0) is 29.3 Å². The zero-order valence-corrected chi connectivity index (χ0v) is 22.6. The van der Waals surface area contributed by atoms with Crippen molar-refractivity contribution in [1.82, 2.24) is 19.4 Å². The maximum Gasteiger partial charge on any atom is 0.277 e. The molecule has 0 bridgehead atoms. The Morgan fingerprint density at radius 2 is 1.72 bits per heavy atom. The van der Waals surface area contributed by atoms with Crippen molar-refractivity contribution in [2.45, 2.75) is 32.7 Å². The van der Waals surface area contributed by atoms with Crippen LogP contribution in [0.25, 0.3) is 0 Å². The zero-order chi connectivity index (χ0) is 27.3. The Morgan fingerprint density at radius 1 is 0.974 bits per heavy atom. The average Bonchev–Trinajstić information content (AvgIpc) is 3.25. The van der Waals surface area contributed by atoms with Crippen molar-refractivity contribution in [1.29, 1.82) is 0 Å². The summed E-state index contributed by atoms with van der Waals surface area (Å²) in [6.07, 6.45) is 1.64. The van der Waals surface area contributed by atoms with Crippen LogP contribution in [0.1, 0.15) is 30.8 Å². The Balaban J connectivity index is 1.27. The number of ether oxygens (including phenoxy) is 3. The fraction of sp³-hybridized carbons (Fsp3) is 0.346. The number of anilines is 2. The Morgan fingerprint density at radius 3 is 2.51 bits per heavy atom. The third kappa shape index (κ3) is 7.41. The van der Waals surface area contributed by atoms with Crippen LogP contribution >= 0.6 is 0 Å². The summed E-state index contributed by atoms with van der Waals surface area (Å²) in [7, 11) is -3.78. The quantitative estimate of drug-likeness (QED) is 0.255. The minimum absolute atomic E-state index is 0.0986. The van der Waals surface area contributed by atoms with E-state index >= 15 is 0 Å². The molecule has 0 amide bonds. The normalized spacial score (nSPS) is 16.5. The average molecular weight is 554 g/mol. The molecule has 13 heteroatoms. The Hall–Kier alpha value is -3.78. The SMILES string of the molecule is CC1(C)Oc2ccc(/C=N/Nc3cc(N4CCOCC4)nc(CNS(=O)(=O)NCc4ccccc4)n3)cc2O1. The predicted octanol–water partition coefficient (Wildman–Crippen LogP) is 2.39. The Bertz CT molecular complexity index is 1430. The van der Waals surface area contributed by atoms with E-state index in [4.69, 9.17) is 14.2 Å². The highest BCUT2D eigenvalue weighted by molar-refractivity contribution is 7.87. The van der Waals surface area contributed by atoms with E-state index in [1.165, 1.54) is 0 Å². The highest BCUT2D eigenvalue weighted by Gasteiger charge is 2.31. The Labute approximate surface area is 227 Å². The molecule has 39 heavy (non-hydrogen) atoms. The molecule has 2 aliphatic heterocycles. The van der Waals surface area contributed by atoms with E-state index in [1.807, 2.05) is 62.4 Å². The van der Waals surface area contributed by atoms with Crippen molar-refractivity contribution in [3.05, 3.63) is 71.5 Å². The van der Waals surface area contributed by atoms with Crippen LogP contribution < -0.4 is 29.2 Å². The standard InChI is InChI=1S/C26H31N7O5S/c1-26(2)37-21-9-8-20(14-22(21)38-26)16-27-32-23-15-25(33-10-12-36-13-11-33)31-24(30-23)18-29-39(34,35)28-17-19-6-4-3-5-7-19/h3-9,14-16,28-29H,10-13,17-18H2,1-2H3,(H,30,31,32)/b27-16+. The number of fused-ring (bicyclic) bond motifs is 1. The molecule has 3 heterocycles. The lowest BCUT2D eigenvalue weighted by Gasteiger charge is -2.28. The molecule has 2 aliphatic rings. The summed E-state index contributed by atoms with van der Waals surface area (Å²) >= 11 is 0. The van der Waals surface area contributed by atoms with Crippen LogP contribution in [-0.4, -0.2) is 56.7 Å². The number of nitrogens with zero attached hydrogens (tertiary/aromatic N) is 4. The van der Waals surface area contributed by atoms with Crippen molar-refractivity contribution < 1.29 is 22.6 Å². The molecular formula is C26H31N7O5S. The summed E-state index contributed by atoms with van der Waals surface area (Å²) in [5, 5.41) is 4.32. The van der Waals surface area contributed by atoms with E-state index in [1.54, 1.807) is 12.3 Å². The maximum atomic E-state index is 12.5. The largest absolute Gasteiger partial charge is 0.449 e. The van der Waals surface area contributed by atoms with Gasteiger partial charge in [-0.1, -0.05) is 30.3 Å². The van der Waals surface area contributed by atoms with Crippen molar-refractivity contribution in [3.8, 4) is 11.5 Å². The van der Waals surface area contributed by atoms with Gasteiger partial charge in [-0.2, -0.15) is 23.0 Å². The number of nitrogens with one attached hydrogen (secondary N) is 3. The van der Waals surface area contributed by atoms with Gasteiger partial charge in [0.2, 0.25) is 5.79 Å². The van der Waals surface area contributed by atoms with Gasteiger partial charge in [-0.3, -0.25) is 5.43 Å². The summed E-state index contributed by atoms with van der Waals surface area (Å²) in [4.78, 5) is 11.1. The number of hydrazone groups is 1. The molecule has 1 aromatic heterocycles. The summed E-state index contributed by atoms with van der Waals surface area (Å²) in [6.45, 7) is 6.26. The highest BCUT2D eigenvalue weighted by atomic mass is 32.2. The van der Waals surface area contributed by atoms with E-state index < -0.39 is 16.0 Å². The number of hydrogen-bond acceptors (Lipinski definition) is 10. The van der Waals surface area contributed by atoms with Crippen LogP contribution in [0, 0.1) is 0 Å². The monoisotopic (exact) mass is 553 g/mol. The first-order valence-corrected chi connectivity index (χ1v) is 14.0. The molecule has 1 fully saturated rings. The van der Waals surface area contributed by atoms with Crippen molar-refractivity contribution in [2.75, 3.05) is 36.6 Å². The lowest BCUT2D eigenvalue weighted by atomic mass is 10.2. The van der Waals surface area contributed by atoms with Crippen LogP contribution in [0.4, 0.5) is 11.6 Å². The number of benzene rings is 2. The molecule has 0 unspecified atom stereocenters. The number of rotatable bonds is 10. The fourth-order valence-corrected chi connectivity index (χ4v) is 4.83. The molecule has 0 saturated carbocycles. The smallest absolute Gasteiger partial charge is 0.277 e. The third-order valence-electron chi connectivity index (χ3n) is 5.90. The summed E-state index contributed by atoms with van der Waals surface area (Å²) in [5.74, 6) is 2.01. The predicted molar refractivity (Wildman–Crippen MR) is 147 cm³/mol. The topological polar surface area (TPSA) is 139 Å². The second-order valence-corrected chi connectivity index (χ2v) is 11.0. The van der Waals surface area contributed by atoms with Gasteiger partial charge >= 0.3 is 0 Å². The van der Waals surface area contributed by atoms with Crippen molar-refractivity contribution >= 4 is 28.1 Å². The first kappa shape index (κ1) is 26.8. The number of hydrogen-bond donors (Lipinski definition) is 3. The first-order valence-electron chi connectivity index (χ1n) is 12.5. The minimum Gasteiger partial charge on any atom is -0.449 e. The van der Waals surface area contributed by atoms with Gasteiger partial charge in [0, 0.05) is 39.5 Å². The molecular weight excluding hydrogens is 522 g/mol. The van der Waals surface area contributed by atoms with E-state index in [-0.39, 0.29) is 13.1 Å². The van der Waals surface area contributed by atoms with Crippen LogP contribution in [0.3, 0.4) is 0 Å². The summed E-state index contributed by atoms with van der Waals surface area (Å²) in [5.41, 5.74) is 4.60. The van der Waals surface area contributed by atoms with Crippen molar-refractivity contribution in [3.63, 3.8) is 0 Å². The maximum absolute atomic E-state index is 12.5. The van der Waals surface area contributed by atoms with E-state index in [0.717, 1.165) is 11.1 Å². The van der Waals surface area contributed by atoms with Crippen LogP contribution in [0.2, 0.25) is 0 Å². The van der Waals surface area contributed by atoms with E-state index in [0.29, 0.717) is 55.3 Å². The molecule has 3 aromatic rings. The van der Waals surface area contributed by atoms with E-state index in [9.17, 15) is 8.42 Å². The molecule has 0 atom stereocenters. The third-order valence-corrected chi connectivity index (χ3v) is 6.94. The van der Waals surface area contributed by atoms with Gasteiger partial charge in [0.15, 0.2) is 17.3 Å². The number of aromatic nitrogens is 2. The molecule has 3 N–H and O–H groups in total. The molecule has 0 spiro atoms. The molecule has 1 saturated heterocycles. The molecule has 12 nitrogen and oxygen atoms in total. The van der Waals surface area contributed by atoms with Gasteiger partial charge in [0.25, 0.3) is 10.2 Å². The second-order valence-electron chi connectivity index (χ2n) is 9.44. The van der Waals surface area contributed by atoms with Crippen LogP contribution in [0.5, 0.6) is 11.5 Å². The summed E-state index contributed by atoms with van der Waals surface area (Å²) < 4.78 is 47.1. The number of morpholine rings is 1. The highest BCUT2D eigenvalue weighted by Crippen LogP contribution is 2.39. The van der Waals surface area contributed by atoms with E-state index in [2.05, 4.69) is 34.8 Å². The first-order chi connectivity index (χ1) is 18.7. The Kier molecular flexibility index (Phi) is 7.93. The van der Waals surface area contributed by atoms with Crippen LogP contribution in [-0.2, 0) is 28.0 Å². The molecule has 0 radical (unpaired) electrons. The van der Waals surface area contributed by atoms with Crippen LogP contribution in [0.15, 0.2) is 59.7 Å².